The van der Waals surface area contributed by atoms with Gasteiger partial charge in [0.25, 0.3) is 0 Å². The molecule has 2 heteroatoms. The first kappa shape index (κ1) is 21.4. The number of unbranched alkanes of at least 4 members (excludes halogenated alkanes) is 4. The highest BCUT2D eigenvalue weighted by Crippen LogP contribution is 2.05. The molecule has 0 aliphatic heterocycles. The molecule has 1 aromatic carbocycles. The highest BCUT2D eigenvalue weighted by molar-refractivity contribution is 5.22. The molecule has 1 aromatic rings. The number of aryl methyl sites for hydroxylation is 1. The smallest absolute Gasteiger partial charge is 0.0466 e. The van der Waals surface area contributed by atoms with Crippen LogP contribution in [-0.2, 0) is 11.2 Å². The standard InChI is InChI=1S/C23H35NO/c1-3-14-22(4-2)21-24-18-11-5-6-12-19-25-20-13-10-17-23-15-8-7-9-16-23/h3-4,7-9,14-16,24H,1-2,5-6,10-13,17-21H2/b22-14+. The van der Waals surface area contributed by atoms with Crippen molar-refractivity contribution in [2.75, 3.05) is 26.3 Å². The van der Waals surface area contributed by atoms with Gasteiger partial charge in [-0.15, -0.1) is 0 Å². The normalized spacial score (nSPS) is 11.4. The summed E-state index contributed by atoms with van der Waals surface area (Å²) in [6.45, 7) is 11.2. The molecule has 2 nitrogen and oxygen atoms in total. The number of allylic oxidation sites excluding steroid dienone is 2. The summed E-state index contributed by atoms with van der Waals surface area (Å²) in [5.41, 5.74) is 2.62. The second kappa shape index (κ2) is 15.9. The number of hydrogen-bond acceptors (Lipinski definition) is 2. The molecule has 0 saturated carbocycles. The molecular weight excluding hydrogens is 306 g/mol. The maximum absolute atomic E-state index is 5.73. The number of hydrogen-bond donors (Lipinski definition) is 1. The maximum atomic E-state index is 5.73. The molecule has 0 unspecified atom stereocenters. The summed E-state index contributed by atoms with van der Waals surface area (Å²) in [4.78, 5) is 0. The van der Waals surface area contributed by atoms with Crippen LogP contribution < -0.4 is 5.32 Å². The van der Waals surface area contributed by atoms with Crippen LogP contribution in [0.2, 0.25) is 0 Å². The predicted octanol–water partition coefficient (Wildman–Crippen LogP) is 5.47. The van der Waals surface area contributed by atoms with Gasteiger partial charge in [0, 0.05) is 19.8 Å². The van der Waals surface area contributed by atoms with Crippen molar-refractivity contribution < 1.29 is 4.74 Å². The minimum atomic E-state index is 0.877. The highest BCUT2D eigenvalue weighted by atomic mass is 16.5. The number of rotatable bonds is 16. The Labute approximate surface area is 154 Å². The number of ether oxygens (including phenoxy) is 1. The summed E-state index contributed by atoms with van der Waals surface area (Å²) in [6, 6.07) is 10.7. The van der Waals surface area contributed by atoms with Crippen LogP contribution in [0.15, 0.2) is 67.3 Å². The average molecular weight is 342 g/mol. The Morgan fingerprint density at radius 1 is 0.920 bits per heavy atom. The van der Waals surface area contributed by atoms with E-state index < -0.39 is 0 Å². The predicted molar refractivity (Wildman–Crippen MR) is 110 cm³/mol. The Bertz CT molecular complexity index is 478. The van der Waals surface area contributed by atoms with E-state index in [1.165, 1.54) is 43.2 Å². The minimum absolute atomic E-state index is 0.877. The van der Waals surface area contributed by atoms with E-state index >= 15 is 0 Å². The quantitative estimate of drug-likeness (QED) is 0.318. The van der Waals surface area contributed by atoms with Crippen molar-refractivity contribution in [3.05, 3.63) is 72.9 Å². The third-order valence-corrected chi connectivity index (χ3v) is 4.16. The molecule has 0 aliphatic carbocycles. The van der Waals surface area contributed by atoms with E-state index in [1.54, 1.807) is 6.08 Å². The van der Waals surface area contributed by atoms with E-state index in [9.17, 15) is 0 Å². The second-order valence-electron chi connectivity index (χ2n) is 6.33. The van der Waals surface area contributed by atoms with E-state index in [2.05, 4.69) is 48.8 Å². The van der Waals surface area contributed by atoms with E-state index in [1.807, 2.05) is 12.2 Å². The zero-order chi connectivity index (χ0) is 18.0. The van der Waals surface area contributed by atoms with Gasteiger partial charge in [-0.05, 0) is 49.8 Å². The van der Waals surface area contributed by atoms with Gasteiger partial charge >= 0.3 is 0 Å². The van der Waals surface area contributed by atoms with Crippen LogP contribution in [0.1, 0.15) is 44.1 Å². The molecule has 0 fully saturated rings. The molecule has 1 rings (SSSR count). The molecule has 0 heterocycles. The third kappa shape index (κ3) is 12.4. The monoisotopic (exact) mass is 341 g/mol. The van der Waals surface area contributed by atoms with E-state index in [4.69, 9.17) is 4.74 Å². The summed E-state index contributed by atoms with van der Waals surface area (Å²) in [5, 5.41) is 3.44. The van der Waals surface area contributed by atoms with Crippen LogP contribution in [-0.4, -0.2) is 26.3 Å². The summed E-state index contributed by atoms with van der Waals surface area (Å²) in [7, 11) is 0. The van der Waals surface area contributed by atoms with Gasteiger partial charge in [0.05, 0.1) is 0 Å². The first-order valence-electron chi connectivity index (χ1n) is 9.63. The molecule has 0 radical (unpaired) electrons. The van der Waals surface area contributed by atoms with Crippen molar-refractivity contribution in [1.82, 2.24) is 5.32 Å². The maximum Gasteiger partial charge on any atom is 0.0466 e. The fourth-order valence-electron chi connectivity index (χ4n) is 2.67. The van der Waals surface area contributed by atoms with Gasteiger partial charge in [0.1, 0.15) is 0 Å². The van der Waals surface area contributed by atoms with Gasteiger partial charge < -0.3 is 10.1 Å². The Balaban J connectivity index is 1.81. The lowest BCUT2D eigenvalue weighted by Gasteiger charge is -2.06. The summed E-state index contributed by atoms with van der Waals surface area (Å²) in [6.07, 6.45) is 14.1. The molecule has 0 saturated heterocycles. The largest absolute Gasteiger partial charge is 0.381 e. The van der Waals surface area contributed by atoms with E-state index in [0.29, 0.717) is 0 Å². The Kier molecular flexibility index (Phi) is 13.6. The average Bonchev–Trinajstić information content (AvgIpc) is 2.65. The molecule has 0 atom stereocenters. The second-order valence-corrected chi connectivity index (χ2v) is 6.33. The van der Waals surface area contributed by atoms with Crippen molar-refractivity contribution in [3.8, 4) is 0 Å². The van der Waals surface area contributed by atoms with E-state index in [0.717, 1.165) is 39.1 Å². The molecule has 25 heavy (non-hydrogen) atoms. The molecular formula is C23H35NO. The fraction of sp³-hybridized carbons (Fsp3) is 0.478. The molecule has 0 amide bonds. The van der Waals surface area contributed by atoms with Crippen LogP contribution in [0.25, 0.3) is 0 Å². The molecule has 0 aliphatic rings. The Hall–Kier alpha value is -1.64. The zero-order valence-corrected chi connectivity index (χ0v) is 15.7. The van der Waals surface area contributed by atoms with Crippen LogP contribution >= 0.6 is 0 Å². The van der Waals surface area contributed by atoms with Crippen LogP contribution in [0.3, 0.4) is 0 Å². The fourth-order valence-corrected chi connectivity index (χ4v) is 2.67. The van der Waals surface area contributed by atoms with Crippen molar-refractivity contribution >= 4 is 0 Å². The van der Waals surface area contributed by atoms with Crippen LogP contribution in [0.5, 0.6) is 0 Å². The van der Waals surface area contributed by atoms with Crippen molar-refractivity contribution in [2.45, 2.75) is 44.9 Å². The van der Waals surface area contributed by atoms with Crippen molar-refractivity contribution in [1.29, 1.82) is 0 Å². The van der Waals surface area contributed by atoms with E-state index in [-0.39, 0.29) is 0 Å². The number of nitrogens with one attached hydrogen (secondary N) is 1. The first-order chi connectivity index (χ1) is 12.4. The molecule has 0 aromatic heterocycles. The van der Waals surface area contributed by atoms with Gasteiger partial charge in [0.2, 0.25) is 0 Å². The molecule has 138 valence electrons. The lowest BCUT2D eigenvalue weighted by Crippen LogP contribution is -2.17. The Morgan fingerprint density at radius 3 is 2.36 bits per heavy atom. The topological polar surface area (TPSA) is 21.3 Å². The van der Waals surface area contributed by atoms with Gasteiger partial charge in [-0.2, -0.15) is 0 Å². The summed E-state index contributed by atoms with van der Waals surface area (Å²) in [5.74, 6) is 0. The van der Waals surface area contributed by atoms with Crippen LogP contribution in [0.4, 0.5) is 0 Å². The van der Waals surface area contributed by atoms with Gasteiger partial charge in [-0.25, -0.2) is 0 Å². The highest BCUT2D eigenvalue weighted by Gasteiger charge is 1.95. The lowest BCUT2D eigenvalue weighted by molar-refractivity contribution is 0.126. The van der Waals surface area contributed by atoms with Gasteiger partial charge in [0.15, 0.2) is 0 Å². The Morgan fingerprint density at radius 2 is 1.64 bits per heavy atom. The minimum Gasteiger partial charge on any atom is -0.381 e. The summed E-state index contributed by atoms with van der Waals surface area (Å²) < 4.78 is 5.73. The van der Waals surface area contributed by atoms with Gasteiger partial charge in [-0.1, -0.05) is 74.6 Å². The third-order valence-electron chi connectivity index (χ3n) is 4.16. The zero-order valence-electron chi connectivity index (χ0n) is 15.7. The van der Waals surface area contributed by atoms with Crippen LogP contribution in [0, 0.1) is 0 Å². The lowest BCUT2D eigenvalue weighted by atomic mass is 10.1. The first-order valence-corrected chi connectivity index (χ1v) is 9.63. The molecule has 0 bridgehead atoms. The summed E-state index contributed by atoms with van der Waals surface area (Å²) >= 11 is 0. The molecule has 1 N–H and O–H groups in total. The molecule has 0 spiro atoms. The number of benzene rings is 1. The SMILES string of the molecule is C=C/C=C(\C=C)CNCCCCCCOCCCCc1ccccc1. The van der Waals surface area contributed by atoms with Crippen molar-refractivity contribution in [2.24, 2.45) is 0 Å². The van der Waals surface area contributed by atoms with Gasteiger partial charge in [-0.3, -0.25) is 0 Å². The van der Waals surface area contributed by atoms with Crippen molar-refractivity contribution in [3.63, 3.8) is 0 Å².